The van der Waals surface area contributed by atoms with E-state index in [1.807, 2.05) is 6.92 Å². The summed E-state index contributed by atoms with van der Waals surface area (Å²) in [5, 5.41) is 0.532. The summed E-state index contributed by atoms with van der Waals surface area (Å²) in [6.45, 7) is 1.88. The molecule has 3 nitrogen and oxygen atoms in total. The summed E-state index contributed by atoms with van der Waals surface area (Å²) in [4.78, 5) is 11.9. The number of Topliss-reactive ketones (excluding diaryl/α,β-unsaturated/α-hetero) is 1. The first kappa shape index (κ1) is 13.0. The van der Waals surface area contributed by atoms with Crippen LogP contribution in [0.1, 0.15) is 30.1 Å². The number of hydrogen-bond donors (Lipinski definition) is 1. The van der Waals surface area contributed by atoms with Crippen LogP contribution in [0.5, 0.6) is 5.75 Å². The van der Waals surface area contributed by atoms with Crippen LogP contribution in [0.2, 0.25) is 5.02 Å². The Kier molecular flexibility index (Phi) is 4.77. The van der Waals surface area contributed by atoms with E-state index in [0.29, 0.717) is 29.2 Å². The van der Waals surface area contributed by atoms with Crippen LogP contribution in [-0.4, -0.2) is 18.9 Å². The number of ether oxygens (including phenoxy) is 1. The largest absolute Gasteiger partial charge is 0.496 e. The second kappa shape index (κ2) is 5.87. The Morgan fingerprint density at radius 1 is 1.56 bits per heavy atom. The number of methoxy groups -OCH3 is 1. The van der Waals surface area contributed by atoms with Crippen LogP contribution in [-0.2, 0) is 0 Å². The molecule has 0 bridgehead atoms. The lowest BCUT2D eigenvalue weighted by molar-refractivity contribution is 0.0975. The minimum absolute atomic E-state index is 0.0108. The van der Waals surface area contributed by atoms with Crippen molar-refractivity contribution >= 4 is 17.4 Å². The third-order valence-electron chi connectivity index (χ3n) is 2.29. The molecule has 0 aliphatic rings. The predicted molar refractivity (Wildman–Crippen MR) is 65.2 cm³/mol. The molecule has 1 aromatic carbocycles. The molecule has 1 aromatic rings. The molecule has 0 saturated carbocycles. The number of benzene rings is 1. The first-order chi connectivity index (χ1) is 7.54. The molecule has 0 aromatic heterocycles. The first-order valence-electron chi connectivity index (χ1n) is 5.17. The molecule has 0 fully saturated rings. The van der Waals surface area contributed by atoms with Gasteiger partial charge < -0.3 is 10.5 Å². The molecule has 0 aliphatic heterocycles. The molecule has 1 rings (SSSR count). The lowest BCUT2D eigenvalue weighted by atomic mass is 10.0. The second-order valence-electron chi connectivity index (χ2n) is 3.78. The van der Waals surface area contributed by atoms with E-state index in [-0.39, 0.29) is 11.8 Å². The van der Waals surface area contributed by atoms with Gasteiger partial charge in [0.1, 0.15) is 5.75 Å². The summed E-state index contributed by atoms with van der Waals surface area (Å²) in [7, 11) is 1.53. The van der Waals surface area contributed by atoms with Crippen molar-refractivity contribution in [2.75, 3.05) is 7.11 Å². The maximum Gasteiger partial charge on any atom is 0.166 e. The fourth-order valence-corrected chi connectivity index (χ4v) is 1.56. The fourth-order valence-electron chi connectivity index (χ4n) is 1.39. The van der Waals surface area contributed by atoms with Gasteiger partial charge in [-0.3, -0.25) is 4.79 Å². The molecule has 0 spiro atoms. The molecule has 16 heavy (non-hydrogen) atoms. The third kappa shape index (κ3) is 3.51. The van der Waals surface area contributed by atoms with E-state index >= 15 is 0 Å². The van der Waals surface area contributed by atoms with Crippen LogP contribution >= 0.6 is 11.6 Å². The SMILES string of the molecule is COc1ccc(Cl)cc1C(=O)CCC(C)N. The summed E-state index contributed by atoms with van der Waals surface area (Å²) >= 11 is 5.85. The van der Waals surface area contributed by atoms with E-state index in [2.05, 4.69) is 0 Å². The van der Waals surface area contributed by atoms with Gasteiger partial charge >= 0.3 is 0 Å². The maximum absolute atomic E-state index is 11.9. The van der Waals surface area contributed by atoms with Gasteiger partial charge in [-0.2, -0.15) is 0 Å². The number of halogens is 1. The van der Waals surface area contributed by atoms with Crippen LogP contribution in [0.15, 0.2) is 18.2 Å². The van der Waals surface area contributed by atoms with Crippen LogP contribution in [0, 0.1) is 0 Å². The number of nitrogens with two attached hydrogens (primary N) is 1. The van der Waals surface area contributed by atoms with E-state index in [0.717, 1.165) is 0 Å². The highest BCUT2D eigenvalue weighted by Gasteiger charge is 2.13. The molecule has 0 heterocycles. The van der Waals surface area contributed by atoms with Crippen LogP contribution < -0.4 is 10.5 Å². The molecule has 0 saturated heterocycles. The monoisotopic (exact) mass is 241 g/mol. The summed E-state index contributed by atoms with van der Waals surface area (Å²) in [5.74, 6) is 0.565. The zero-order chi connectivity index (χ0) is 12.1. The van der Waals surface area contributed by atoms with Crippen molar-refractivity contribution in [3.8, 4) is 5.75 Å². The first-order valence-corrected chi connectivity index (χ1v) is 5.54. The molecule has 0 aliphatic carbocycles. The Balaban J connectivity index is 2.84. The Hall–Kier alpha value is -1.06. The number of ketones is 1. The van der Waals surface area contributed by atoms with E-state index < -0.39 is 0 Å². The second-order valence-corrected chi connectivity index (χ2v) is 4.22. The quantitative estimate of drug-likeness (QED) is 0.807. The molecule has 0 radical (unpaired) electrons. The molecular weight excluding hydrogens is 226 g/mol. The topological polar surface area (TPSA) is 52.3 Å². The number of carbonyl (C=O) groups excluding carboxylic acids is 1. The van der Waals surface area contributed by atoms with Gasteiger partial charge in [0.15, 0.2) is 5.78 Å². The van der Waals surface area contributed by atoms with Gasteiger partial charge in [-0.15, -0.1) is 0 Å². The van der Waals surface area contributed by atoms with E-state index in [1.165, 1.54) is 7.11 Å². The minimum Gasteiger partial charge on any atom is -0.496 e. The lowest BCUT2D eigenvalue weighted by Gasteiger charge is -2.09. The number of carbonyl (C=O) groups is 1. The highest BCUT2D eigenvalue weighted by molar-refractivity contribution is 6.31. The normalized spacial score (nSPS) is 12.2. The van der Waals surface area contributed by atoms with Gasteiger partial charge in [0.25, 0.3) is 0 Å². The smallest absolute Gasteiger partial charge is 0.166 e. The molecule has 0 amide bonds. The minimum atomic E-state index is 0.0108. The summed E-state index contributed by atoms with van der Waals surface area (Å²) in [5.41, 5.74) is 6.13. The number of hydrogen-bond acceptors (Lipinski definition) is 3. The highest BCUT2D eigenvalue weighted by Crippen LogP contribution is 2.24. The van der Waals surface area contributed by atoms with Crippen molar-refractivity contribution < 1.29 is 9.53 Å². The maximum atomic E-state index is 11.9. The Bertz CT molecular complexity index is 377. The van der Waals surface area contributed by atoms with Crippen molar-refractivity contribution in [1.29, 1.82) is 0 Å². The molecule has 88 valence electrons. The van der Waals surface area contributed by atoms with Gasteiger partial charge in [-0.05, 0) is 31.5 Å². The van der Waals surface area contributed by atoms with Crippen molar-refractivity contribution in [3.63, 3.8) is 0 Å². The van der Waals surface area contributed by atoms with Gasteiger partial charge in [0, 0.05) is 17.5 Å². The van der Waals surface area contributed by atoms with Crippen LogP contribution in [0.3, 0.4) is 0 Å². The summed E-state index contributed by atoms with van der Waals surface area (Å²) in [6.07, 6.45) is 1.07. The zero-order valence-electron chi connectivity index (χ0n) is 9.50. The van der Waals surface area contributed by atoms with E-state index in [4.69, 9.17) is 22.1 Å². The zero-order valence-corrected chi connectivity index (χ0v) is 10.3. The molecular formula is C12H16ClNO2. The van der Waals surface area contributed by atoms with E-state index in [9.17, 15) is 4.79 Å². The van der Waals surface area contributed by atoms with E-state index in [1.54, 1.807) is 18.2 Å². The molecule has 1 unspecified atom stereocenters. The third-order valence-corrected chi connectivity index (χ3v) is 2.52. The fraction of sp³-hybridized carbons (Fsp3) is 0.417. The van der Waals surface area contributed by atoms with Gasteiger partial charge in [0.2, 0.25) is 0 Å². The Morgan fingerprint density at radius 3 is 2.81 bits per heavy atom. The summed E-state index contributed by atoms with van der Waals surface area (Å²) in [6, 6.07) is 5.04. The van der Waals surface area contributed by atoms with Crippen molar-refractivity contribution in [2.45, 2.75) is 25.8 Å². The van der Waals surface area contributed by atoms with Crippen LogP contribution in [0.25, 0.3) is 0 Å². The average molecular weight is 242 g/mol. The predicted octanol–water partition coefficient (Wildman–Crippen LogP) is 2.66. The van der Waals surface area contributed by atoms with Gasteiger partial charge in [0.05, 0.1) is 12.7 Å². The molecule has 2 N–H and O–H groups in total. The highest BCUT2D eigenvalue weighted by atomic mass is 35.5. The molecule has 4 heteroatoms. The number of rotatable bonds is 5. The van der Waals surface area contributed by atoms with Gasteiger partial charge in [-0.1, -0.05) is 11.6 Å². The Morgan fingerprint density at radius 2 is 2.25 bits per heavy atom. The van der Waals surface area contributed by atoms with Crippen molar-refractivity contribution in [2.24, 2.45) is 5.73 Å². The van der Waals surface area contributed by atoms with Gasteiger partial charge in [-0.25, -0.2) is 0 Å². The standard InChI is InChI=1S/C12H16ClNO2/c1-8(14)3-5-11(15)10-7-9(13)4-6-12(10)16-2/h4,6-8H,3,5,14H2,1-2H3. The molecule has 1 atom stereocenters. The Labute approximate surface area is 101 Å². The lowest BCUT2D eigenvalue weighted by Crippen LogP contribution is -2.16. The summed E-state index contributed by atoms with van der Waals surface area (Å²) < 4.78 is 5.12. The van der Waals surface area contributed by atoms with Crippen molar-refractivity contribution in [1.82, 2.24) is 0 Å². The van der Waals surface area contributed by atoms with Crippen molar-refractivity contribution in [3.05, 3.63) is 28.8 Å². The average Bonchev–Trinajstić information content (AvgIpc) is 2.25. The van der Waals surface area contributed by atoms with Crippen LogP contribution in [0.4, 0.5) is 0 Å².